The van der Waals surface area contributed by atoms with E-state index >= 15 is 0 Å². The molecule has 4 atom stereocenters. The maximum Gasteiger partial charge on any atom is 0.233 e. The van der Waals surface area contributed by atoms with E-state index in [9.17, 15) is 9.59 Å². The molecular weight excluding hydrogens is 354 g/mol. The Morgan fingerprint density at radius 3 is 2.25 bits per heavy atom. The number of fused-ring (bicyclic) bond motifs is 5. The number of imide groups is 1. The lowest BCUT2D eigenvalue weighted by atomic mass is 9.85. The van der Waals surface area contributed by atoms with Crippen LogP contribution in [0.3, 0.4) is 0 Å². The average Bonchev–Trinajstić information content (AvgIpc) is 3.44. The summed E-state index contributed by atoms with van der Waals surface area (Å²) in [5.41, 5.74) is 0. The number of hydrogen-bond acceptors (Lipinski definition) is 6. The third-order valence-electron chi connectivity index (χ3n) is 6.57. The largest absolute Gasteiger partial charge is 0.338 e. The summed E-state index contributed by atoms with van der Waals surface area (Å²) >= 11 is 0. The molecule has 3 heterocycles. The second-order valence-corrected chi connectivity index (χ2v) is 8.11. The topological polar surface area (TPSA) is 69.6 Å². The van der Waals surface area contributed by atoms with Gasteiger partial charge in [-0.1, -0.05) is 12.2 Å². The first-order valence-electron chi connectivity index (χ1n) is 11.3. The van der Waals surface area contributed by atoms with Crippen molar-refractivity contribution in [2.45, 2.75) is 19.3 Å². The molecular formula is C21H27N5O2. The number of anilines is 1. The fraction of sp³-hybridized carbons (Fsp3) is 0.619. The Balaban J connectivity index is 1.13. The maximum atomic E-state index is 12.8. The highest BCUT2D eigenvalue weighted by Crippen LogP contribution is 2.52. The van der Waals surface area contributed by atoms with Crippen molar-refractivity contribution in [3.8, 4) is 0 Å². The number of amides is 2. The highest BCUT2D eigenvalue weighted by molar-refractivity contribution is 6.06. The SMILES string of the molecule is [2H]C([2H])(CCCN1C(=O)[C@@H]2[C@H](C1=O)[C@@H]1C=C[C@H]2C1)N1CCN(c2ncccn2)CC1. The third-order valence-corrected chi connectivity index (χ3v) is 6.57. The number of piperazine rings is 1. The van der Waals surface area contributed by atoms with Crippen LogP contribution in [0.5, 0.6) is 0 Å². The van der Waals surface area contributed by atoms with Gasteiger partial charge in [-0.25, -0.2) is 9.97 Å². The van der Waals surface area contributed by atoms with Crippen molar-refractivity contribution in [2.75, 3.05) is 44.1 Å². The second-order valence-electron chi connectivity index (χ2n) is 8.11. The molecule has 2 aliphatic carbocycles. The van der Waals surface area contributed by atoms with Crippen LogP contribution in [0.4, 0.5) is 5.95 Å². The number of nitrogens with zero attached hydrogens (tertiary/aromatic N) is 5. The second kappa shape index (κ2) is 7.28. The smallest absolute Gasteiger partial charge is 0.233 e. The minimum Gasteiger partial charge on any atom is -0.338 e. The highest BCUT2D eigenvalue weighted by atomic mass is 16.2. The molecule has 4 aliphatic rings. The van der Waals surface area contributed by atoms with Crippen molar-refractivity contribution >= 4 is 17.8 Å². The van der Waals surface area contributed by atoms with Gasteiger partial charge in [0.2, 0.25) is 17.8 Å². The van der Waals surface area contributed by atoms with Crippen LogP contribution in [-0.4, -0.2) is 70.8 Å². The highest BCUT2D eigenvalue weighted by Gasteiger charge is 2.58. The Morgan fingerprint density at radius 1 is 0.964 bits per heavy atom. The maximum absolute atomic E-state index is 12.8. The molecule has 7 nitrogen and oxygen atoms in total. The predicted octanol–water partition coefficient (Wildman–Crippen LogP) is 1.19. The molecule has 3 fully saturated rings. The third kappa shape index (κ3) is 3.02. The van der Waals surface area contributed by atoms with Gasteiger partial charge in [0.1, 0.15) is 0 Å². The number of hydrogen-bond donors (Lipinski definition) is 0. The molecule has 148 valence electrons. The van der Waals surface area contributed by atoms with E-state index in [-0.39, 0.29) is 35.5 Å². The number of rotatable bonds is 6. The lowest BCUT2D eigenvalue weighted by molar-refractivity contribution is -0.140. The Kier molecular flexibility index (Phi) is 4.06. The van der Waals surface area contributed by atoms with Crippen LogP contribution in [-0.2, 0) is 9.59 Å². The van der Waals surface area contributed by atoms with Crippen LogP contribution in [0.2, 0.25) is 0 Å². The van der Waals surface area contributed by atoms with Crippen molar-refractivity contribution in [2.24, 2.45) is 23.7 Å². The molecule has 0 spiro atoms. The van der Waals surface area contributed by atoms with Crippen molar-refractivity contribution in [1.82, 2.24) is 19.8 Å². The molecule has 2 saturated heterocycles. The monoisotopic (exact) mass is 383 g/mol. The Morgan fingerprint density at radius 2 is 1.61 bits per heavy atom. The number of aromatic nitrogens is 2. The predicted molar refractivity (Wildman–Crippen MR) is 104 cm³/mol. The van der Waals surface area contributed by atoms with Gasteiger partial charge in [0.25, 0.3) is 0 Å². The molecule has 2 bridgehead atoms. The van der Waals surface area contributed by atoms with Gasteiger partial charge in [-0.15, -0.1) is 0 Å². The summed E-state index contributed by atoms with van der Waals surface area (Å²) < 4.78 is 17.0. The van der Waals surface area contributed by atoms with Gasteiger partial charge < -0.3 is 4.90 Å². The fourth-order valence-electron chi connectivity index (χ4n) is 5.18. The molecule has 1 aromatic rings. The van der Waals surface area contributed by atoms with Gasteiger partial charge in [-0.2, -0.15) is 0 Å². The summed E-state index contributed by atoms with van der Waals surface area (Å²) in [5.74, 6) is 0.696. The summed E-state index contributed by atoms with van der Waals surface area (Å²) in [7, 11) is 0. The van der Waals surface area contributed by atoms with Gasteiger partial charge in [0.15, 0.2) is 0 Å². The van der Waals surface area contributed by atoms with Gasteiger partial charge in [-0.3, -0.25) is 19.4 Å². The Bertz CT molecular complexity index is 826. The van der Waals surface area contributed by atoms with Crippen molar-refractivity contribution in [1.29, 1.82) is 0 Å². The van der Waals surface area contributed by atoms with Crippen molar-refractivity contribution < 1.29 is 12.3 Å². The van der Waals surface area contributed by atoms with Crippen LogP contribution < -0.4 is 4.90 Å². The van der Waals surface area contributed by atoms with E-state index in [4.69, 9.17) is 2.74 Å². The first-order valence-corrected chi connectivity index (χ1v) is 10.3. The van der Waals surface area contributed by atoms with E-state index in [1.54, 1.807) is 18.5 Å². The molecule has 5 rings (SSSR count). The first-order chi connectivity index (χ1) is 14.5. The van der Waals surface area contributed by atoms with Gasteiger partial charge in [0.05, 0.1) is 11.8 Å². The summed E-state index contributed by atoms with van der Waals surface area (Å²) in [4.78, 5) is 39.4. The molecule has 0 radical (unpaired) electrons. The Labute approximate surface area is 168 Å². The van der Waals surface area contributed by atoms with Crippen LogP contribution >= 0.6 is 0 Å². The fourth-order valence-corrected chi connectivity index (χ4v) is 5.18. The average molecular weight is 383 g/mol. The zero-order valence-electron chi connectivity index (χ0n) is 17.9. The quantitative estimate of drug-likeness (QED) is 0.543. The van der Waals surface area contributed by atoms with Crippen LogP contribution in [0.1, 0.15) is 22.0 Å². The Hall–Kier alpha value is -2.28. The number of carbonyl (C=O) groups excluding carboxylic acids is 2. The van der Waals surface area contributed by atoms with E-state index in [0.29, 0.717) is 51.5 Å². The lowest BCUT2D eigenvalue weighted by Gasteiger charge is -2.34. The summed E-state index contributed by atoms with van der Waals surface area (Å²) in [6.07, 6.45) is 9.33. The molecule has 0 aromatic carbocycles. The van der Waals surface area contributed by atoms with Crippen LogP contribution in [0, 0.1) is 23.7 Å². The number of carbonyl (C=O) groups is 2. The first kappa shape index (κ1) is 15.6. The minimum atomic E-state index is -1.47. The number of allylic oxidation sites excluding steroid dienone is 2. The summed E-state index contributed by atoms with van der Waals surface area (Å²) in [5, 5.41) is 0. The summed E-state index contributed by atoms with van der Waals surface area (Å²) in [6, 6.07) is 1.78. The van der Waals surface area contributed by atoms with Gasteiger partial charge >= 0.3 is 0 Å². The molecule has 2 aliphatic heterocycles. The zero-order chi connectivity index (χ0) is 20.9. The normalized spacial score (nSPS) is 33.4. The van der Waals surface area contributed by atoms with E-state index < -0.39 is 6.50 Å². The van der Waals surface area contributed by atoms with E-state index in [1.807, 2.05) is 4.90 Å². The van der Waals surface area contributed by atoms with E-state index in [1.165, 1.54) is 4.90 Å². The van der Waals surface area contributed by atoms with Crippen molar-refractivity contribution in [3.05, 3.63) is 30.6 Å². The minimum absolute atomic E-state index is 0.0427. The summed E-state index contributed by atoms with van der Waals surface area (Å²) in [6.45, 7) is 1.38. The van der Waals surface area contributed by atoms with Gasteiger partial charge in [-0.05, 0) is 43.7 Å². The molecule has 0 N–H and O–H groups in total. The van der Waals surface area contributed by atoms with E-state index in [0.717, 1.165) is 6.42 Å². The van der Waals surface area contributed by atoms with E-state index in [2.05, 4.69) is 27.0 Å². The van der Waals surface area contributed by atoms with Crippen molar-refractivity contribution in [3.63, 3.8) is 0 Å². The molecule has 28 heavy (non-hydrogen) atoms. The zero-order valence-corrected chi connectivity index (χ0v) is 15.9. The molecule has 2 amide bonds. The molecule has 7 heteroatoms. The number of likely N-dealkylation sites (tertiary alicyclic amines) is 1. The molecule has 1 saturated carbocycles. The van der Waals surface area contributed by atoms with Crippen LogP contribution in [0.25, 0.3) is 0 Å². The molecule has 1 aromatic heterocycles. The van der Waals surface area contributed by atoms with Gasteiger partial charge in [0, 0.05) is 47.9 Å². The molecule has 0 unspecified atom stereocenters. The lowest BCUT2D eigenvalue weighted by Crippen LogP contribution is -2.47. The van der Waals surface area contributed by atoms with Crippen LogP contribution in [0.15, 0.2) is 30.6 Å². The standard InChI is InChI=1S/C21H27N5O2/c27-19-17-15-4-5-16(14-15)18(17)20(28)26(19)9-2-1-8-24-10-12-25(13-11-24)21-22-6-3-7-23-21/h3-7,15-18H,1-2,8-14H2/t15-,16+,17-,18+/i8D2.